The van der Waals surface area contributed by atoms with Crippen molar-refractivity contribution >= 4 is 18.3 Å². The normalized spacial score (nSPS) is 25.6. The molecule has 0 aromatic carbocycles. The van der Waals surface area contributed by atoms with E-state index < -0.39 is 0 Å². The molecule has 1 aliphatic carbocycles. The zero-order chi connectivity index (χ0) is 12.8. The lowest BCUT2D eigenvalue weighted by Crippen LogP contribution is -2.41. The molecule has 1 aliphatic heterocycles. The highest BCUT2D eigenvalue weighted by Gasteiger charge is 2.23. The van der Waals surface area contributed by atoms with Gasteiger partial charge in [-0.2, -0.15) is 0 Å². The standard InChI is InChI=1S/C14H27N3O.ClH/c15-9-12-7-8-17(10-12)11-14(18)16-13-5-3-1-2-4-6-13;/h12-13H,1-11,15H2,(H,16,18);1H. The van der Waals surface area contributed by atoms with Gasteiger partial charge in [-0.25, -0.2) is 0 Å². The van der Waals surface area contributed by atoms with Gasteiger partial charge in [-0.1, -0.05) is 25.7 Å². The molecule has 4 nitrogen and oxygen atoms in total. The molecule has 1 heterocycles. The van der Waals surface area contributed by atoms with Crippen molar-refractivity contribution < 1.29 is 4.79 Å². The average Bonchev–Trinajstić information content (AvgIpc) is 2.65. The Morgan fingerprint density at radius 2 is 1.84 bits per heavy atom. The number of halogens is 1. The fraction of sp³-hybridized carbons (Fsp3) is 0.929. The number of carbonyl (C=O) groups is 1. The molecule has 0 aromatic rings. The molecule has 0 aromatic heterocycles. The van der Waals surface area contributed by atoms with E-state index >= 15 is 0 Å². The summed E-state index contributed by atoms with van der Waals surface area (Å²) in [6, 6.07) is 0.424. The maximum Gasteiger partial charge on any atom is 0.234 e. The molecular weight excluding hydrogens is 262 g/mol. The van der Waals surface area contributed by atoms with Gasteiger partial charge >= 0.3 is 0 Å². The van der Waals surface area contributed by atoms with Gasteiger partial charge in [-0.3, -0.25) is 9.69 Å². The molecule has 3 N–H and O–H groups in total. The van der Waals surface area contributed by atoms with E-state index in [1.807, 2.05) is 0 Å². The smallest absolute Gasteiger partial charge is 0.234 e. The molecule has 2 aliphatic rings. The predicted octanol–water partition coefficient (Wildman–Crippen LogP) is 1.53. The van der Waals surface area contributed by atoms with Crippen LogP contribution in [0.25, 0.3) is 0 Å². The summed E-state index contributed by atoms with van der Waals surface area (Å²) in [6.07, 6.45) is 8.67. The Bertz CT molecular complexity index is 267. The van der Waals surface area contributed by atoms with Crippen LogP contribution in [0.15, 0.2) is 0 Å². The molecule has 5 heteroatoms. The molecule has 1 atom stereocenters. The van der Waals surface area contributed by atoms with Crippen molar-refractivity contribution in [1.82, 2.24) is 10.2 Å². The molecule has 1 saturated carbocycles. The third kappa shape index (κ3) is 5.67. The number of nitrogens with zero attached hydrogens (tertiary/aromatic N) is 1. The highest BCUT2D eigenvalue weighted by Crippen LogP contribution is 2.17. The summed E-state index contributed by atoms with van der Waals surface area (Å²) in [5.74, 6) is 0.801. The van der Waals surface area contributed by atoms with Crippen LogP contribution in [-0.2, 0) is 4.79 Å². The highest BCUT2D eigenvalue weighted by atomic mass is 35.5. The number of amides is 1. The van der Waals surface area contributed by atoms with E-state index in [0.29, 0.717) is 18.5 Å². The van der Waals surface area contributed by atoms with Crippen LogP contribution in [0.2, 0.25) is 0 Å². The second-order valence-corrected chi connectivity index (χ2v) is 5.88. The lowest BCUT2D eigenvalue weighted by atomic mass is 10.1. The number of nitrogens with two attached hydrogens (primary N) is 1. The van der Waals surface area contributed by atoms with Gasteiger partial charge < -0.3 is 11.1 Å². The van der Waals surface area contributed by atoms with Crippen molar-refractivity contribution in [3.05, 3.63) is 0 Å². The fourth-order valence-corrected chi connectivity index (χ4v) is 3.15. The Labute approximate surface area is 122 Å². The van der Waals surface area contributed by atoms with Crippen LogP contribution in [0.1, 0.15) is 44.9 Å². The monoisotopic (exact) mass is 289 g/mol. The van der Waals surface area contributed by atoms with E-state index in [0.717, 1.165) is 38.9 Å². The van der Waals surface area contributed by atoms with Crippen molar-refractivity contribution in [1.29, 1.82) is 0 Å². The van der Waals surface area contributed by atoms with Crippen LogP contribution in [0.4, 0.5) is 0 Å². The van der Waals surface area contributed by atoms with E-state index in [9.17, 15) is 4.79 Å². The van der Waals surface area contributed by atoms with Crippen LogP contribution in [0.5, 0.6) is 0 Å². The number of hydrogen-bond donors (Lipinski definition) is 2. The lowest BCUT2D eigenvalue weighted by molar-refractivity contribution is -0.122. The molecule has 2 fully saturated rings. The van der Waals surface area contributed by atoms with Gasteiger partial charge in [0.15, 0.2) is 0 Å². The number of likely N-dealkylation sites (tertiary alicyclic amines) is 1. The first kappa shape index (κ1) is 16.7. The minimum Gasteiger partial charge on any atom is -0.352 e. The quantitative estimate of drug-likeness (QED) is 0.772. The van der Waals surface area contributed by atoms with Gasteiger partial charge in [0.2, 0.25) is 5.91 Å². The number of rotatable bonds is 4. The van der Waals surface area contributed by atoms with Gasteiger partial charge in [0, 0.05) is 12.6 Å². The van der Waals surface area contributed by atoms with E-state index in [-0.39, 0.29) is 18.3 Å². The zero-order valence-electron chi connectivity index (χ0n) is 11.8. The van der Waals surface area contributed by atoms with E-state index in [4.69, 9.17) is 5.73 Å². The van der Waals surface area contributed by atoms with E-state index in [2.05, 4.69) is 10.2 Å². The van der Waals surface area contributed by atoms with Crippen molar-refractivity contribution in [2.24, 2.45) is 11.7 Å². The largest absolute Gasteiger partial charge is 0.352 e. The summed E-state index contributed by atoms with van der Waals surface area (Å²) in [7, 11) is 0. The van der Waals surface area contributed by atoms with Crippen LogP contribution in [0.3, 0.4) is 0 Å². The molecular formula is C14H28ClN3O. The van der Waals surface area contributed by atoms with Gasteiger partial charge in [0.05, 0.1) is 6.54 Å². The van der Waals surface area contributed by atoms with Gasteiger partial charge in [0.25, 0.3) is 0 Å². The second-order valence-electron chi connectivity index (χ2n) is 5.88. The zero-order valence-corrected chi connectivity index (χ0v) is 12.6. The lowest BCUT2D eigenvalue weighted by Gasteiger charge is -2.20. The van der Waals surface area contributed by atoms with Crippen LogP contribution >= 0.6 is 12.4 Å². The molecule has 0 spiro atoms. The number of hydrogen-bond acceptors (Lipinski definition) is 3. The van der Waals surface area contributed by atoms with Crippen LogP contribution < -0.4 is 11.1 Å². The Balaban J connectivity index is 0.00000180. The molecule has 1 saturated heterocycles. The molecule has 112 valence electrons. The van der Waals surface area contributed by atoms with Crippen molar-refractivity contribution in [2.75, 3.05) is 26.2 Å². The maximum atomic E-state index is 12.0. The average molecular weight is 290 g/mol. The Morgan fingerprint density at radius 3 is 2.42 bits per heavy atom. The van der Waals surface area contributed by atoms with Crippen molar-refractivity contribution in [2.45, 2.75) is 51.0 Å². The summed E-state index contributed by atoms with van der Waals surface area (Å²) in [5, 5.41) is 3.21. The SMILES string of the molecule is Cl.NCC1CCN(CC(=O)NC2CCCCCC2)C1. The second kappa shape index (κ2) is 8.77. The Hall–Kier alpha value is -0.320. The van der Waals surface area contributed by atoms with Crippen molar-refractivity contribution in [3.63, 3.8) is 0 Å². The number of nitrogens with one attached hydrogen (secondary N) is 1. The van der Waals surface area contributed by atoms with Gasteiger partial charge in [-0.05, 0) is 38.3 Å². The maximum absolute atomic E-state index is 12.0. The summed E-state index contributed by atoms with van der Waals surface area (Å²) < 4.78 is 0. The third-order valence-electron chi connectivity index (χ3n) is 4.29. The van der Waals surface area contributed by atoms with Crippen molar-refractivity contribution in [3.8, 4) is 0 Å². The first-order valence-electron chi connectivity index (χ1n) is 7.49. The molecule has 0 bridgehead atoms. The Morgan fingerprint density at radius 1 is 1.16 bits per heavy atom. The van der Waals surface area contributed by atoms with E-state index in [1.54, 1.807) is 0 Å². The molecule has 0 radical (unpaired) electrons. The van der Waals surface area contributed by atoms with Crippen LogP contribution in [0, 0.1) is 5.92 Å². The predicted molar refractivity (Wildman–Crippen MR) is 80.5 cm³/mol. The first-order chi connectivity index (χ1) is 8.78. The fourth-order valence-electron chi connectivity index (χ4n) is 3.15. The summed E-state index contributed by atoms with van der Waals surface area (Å²) in [5.41, 5.74) is 5.67. The van der Waals surface area contributed by atoms with E-state index in [1.165, 1.54) is 25.7 Å². The topological polar surface area (TPSA) is 58.4 Å². The molecule has 1 unspecified atom stereocenters. The number of carbonyl (C=O) groups excluding carboxylic acids is 1. The van der Waals surface area contributed by atoms with Gasteiger partial charge in [0.1, 0.15) is 0 Å². The minimum atomic E-state index is 0. The highest BCUT2D eigenvalue weighted by molar-refractivity contribution is 5.85. The van der Waals surface area contributed by atoms with Crippen LogP contribution in [-0.4, -0.2) is 43.0 Å². The molecule has 2 rings (SSSR count). The summed E-state index contributed by atoms with van der Waals surface area (Å²) in [6.45, 7) is 3.34. The third-order valence-corrected chi connectivity index (χ3v) is 4.29. The first-order valence-corrected chi connectivity index (χ1v) is 7.49. The molecule has 19 heavy (non-hydrogen) atoms. The Kier molecular flexibility index (Phi) is 7.73. The van der Waals surface area contributed by atoms with Gasteiger partial charge in [-0.15, -0.1) is 12.4 Å². The summed E-state index contributed by atoms with van der Waals surface area (Å²) >= 11 is 0. The minimum absolute atomic E-state index is 0. The summed E-state index contributed by atoms with van der Waals surface area (Å²) in [4.78, 5) is 14.2. The molecule has 1 amide bonds.